The summed E-state index contributed by atoms with van der Waals surface area (Å²) in [5, 5.41) is 0. The zero-order valence-electron chi connectivity index (χ0n) is 10.5. The number of fused-ring (bicyclic) bond motifs is 2. The van der Waals surface area contributed by atoms with Gasteiger partial charge in [-0.15, -0.1) is 0 Å². The molecule has 2 atom stereocenters. The van der Waals surface area contributed by atoms with Crippen LogP contribution in [0.15, 0.2) is 30.3 Å². The van der Waals surface area contributed by atoms with Crippen LogP contribution in [0.3, 0.4) is 0 Å². The normalized spacial score (nSPS) is 27.3. The fraction of sp³-hybridized carbons (Fsp3) is 0.467. The van der Waals surface area contributed by atoms with E-state index in [1.165, 1.54) is 24.1 Å². The first-order chi connectivity index (χ1) is 8.31. The van der Waals surface area contributed by atoms with Gasteiger partial charge in [0.25, 0.3) is 0 Å². The molecule has 1 aromatic rings. The average molecular weight is 229 g/mol. The van der Waals surface area contributed by atoms with Gasteiger partial charge < -0.3 is 4.74 Å². The highest BCUT2D eigenvalue weighted by Crippen LogP contribution is 2.41. The molecule has 1 aromatic carbocycles. The minimum Gasteiger partial charge on any atom is -0.497 e. The van der Waals surface area contributed by atoms with Crippen LogP contribution in [0.4, 0.5) is 0 Å². The van der Waals surface area contributed by atoms with Crippen molar-refractivity contribution in [2.75, 3.05) is 20.2 Å². The molecule has 0 saturated carbocycles. The maximum absolute atomic E-state index is 5.21. The van der Waals surface area contributed by atoms with Gasteiger partial charge in [-0.2, -0.15) is 0 Å². The van der Waals surface area contributed by atoms with Gasteiger partial charge in [0, 0.05) is 12.6 Å². The Morgan fingerprint density at radius 3 is 2.65 bits per heavy atom. The predicted octanol–water partition coefficient (Wildman–Crippen LogP) is 2.80. The first-order valence-corrected chi connectivity index (χ1v) is 6.42. The lowest BCUT2D eigenvalue weighted by atomic mass is 10.00. The van der Waals surface area contributed by atoms with Crippen molar-refractivity contribution in [2.45, 2.75) is 19.4 Å². The summed E-state index contributed by atoms with van der Waals surface area (Å²) >= 11 is 0. The van der Waals surface area contributed by atoms with Crippen molar-refractivity contribution < 1.29 is 4.74 Å². The summed E-state index contributed by atoms with van der Waals surface area (Å²) in [6.07, 6.45) is 3.79. The third-order valence-electron chi connectivity index (χ3n) is 4.04. The van der Waals surface area contributed by atoms with Crippen LogP contribution in [0.1, 0.15) is 18.9 Å². The summed E-state index contributed by atoms with van der Waals surface area (Å²) < 4.78 is 5.21. The van der Waals surface area contributed by atoms with E-state index in [-0.39, 0.29) is 0 Å². The van der Waals surface area contributed by atoms with Crippen molar-refractivity contribution in [3.05, 3.63) is 35.9 Å². The van der Waals surface area contributed by atoms with Crippen LogP contribution >= 0.6 is 0 Å². The van der Waals surface area contributed by atoms with Gasteiger partial charge in [-0.05, 0) is 42.2 Å². The van der Waals surface area contributed by atoms with Gasteiger partial charge >= 0.3 is 0 Å². The highest BCUT2D eigenvalue weighted by atomic mass is 16.5. The van der Waals surface area contributed by atoms with E-state index in [0.717, 1.165) is 18.2 Å². The second kappa shape index (κ2) is 4.19. The van der Waals surface area contributed by atoms with Crippen molar-refractivity contribution in [3.8, 4) is 5.75 Å². The fourth-order valence-electron chi connectivity index (χ4n) is 3.17. The lowest BCUT2D eigenvalue weighted by Crippen LogP contribution is -2.31. The summed E-state index contributed by atoms with van der Waals surface area (Å²) in [5.41, 5.74) is 2.88. The topological polar surface area (TPSA) is 12.5 Å². The van der Waals surface area contributed by atoms with Crippen molar-refractivity contribution >= 4 is 5.57 Å². The van der Waals surface area contributed by atoms with Gasteiger partial charge in [0.05, 0.1) is 7.11 Å². The van der Waals surface area contributed by atoms with E-state index in [2.05, 4.69) is 42.2 Å². The maximum atomic E-state index is 5.21. The van der Waals surface area contributed by atoms with Crippen LogP contribution in [0.5, 0.6) is 5.75 Å². The standard InChI is InChI=1S/C15H19NO/c1-3-16-10-11-8-14(15(16)9-11)12-4-6-13(17-2)7-5-12/h4-8,11,15H,3,9-10H2,1-2H3. The molecule has 90 valence electrons. The molecule has 2 heteroatoms. The molecule has 1 saturated heterocycles. The van der Waals surface area contributed by atoms with E-state index in [9.17, 15) is 0 Å². The first kappa shape index (κ1) is 10.8. The van der Waals surface area contributed by atoms with E-state index >= 15 is 0 Å². The van der Waals surface area contributed by atoms with Gasteiger partial charge in [-0.25, -0.2) is 0 Å². The minimum atomic E-state index is 0.651. The lowest BCUT2D eigenvalue weighted by Gasteiger charge is -2.27. The summed E-state index contributed by atoms with van der Waals surface area (Å²) in [7, 11) is 1.71. The molecule has 3 rings (SSSR count). The molecule has 2 bridgehead atoms. The zero-order valence-corrected chi connectivity index (χ0v) is 10.5. The molecular weight excluding hydrogens is 210 g/mol. The number of rotatable bonds is 3. The minimum absolute atomic E-state index is 0.651. The van der Waals surface area contributed by atoms with Crippen LogP contribution < -0.4 is 4.74 Å². The Hall–Kier alpha value is -1.28. The molecule has 1 fully saturated rings. The zero-order chi connectivity index (χ0) is 11.8. The number of hydrogen-bond donors (Lipinski definition) is 0. The molecule has 1 aliphatic carbocycles. The Morgan fingerprint density at radius 2 is 2.06 bits per heavy atom. The Balaban J connectivity index is 1.87. The number of methoxy groups -OCH3 is 1. The Labute approximate surface area is 103 Å². The largest absolute Gasteiger partial charge is 0.497 e. The van der Waals surface area contributed by atoms with Gasteiger partial charge in [0.2, 0.25) is 0 Å². The third-order valence-corrected chi connectivity index (χ3v) is 4.04. The highest BCUT2D eigenvalue weighted by molar-refractivity contribution is 5.73. The van der Waals surface area contributed by atoms with Crippen LogP contribution in [0.25, 0.3) is 5.57 Å². The van der Waals surface area contributed by atoms with Gasteiger partial charge in [-0.3, -0.25) is 4.90 Å². The quantitative estimate of drug-likeness (QED) is 0.790. The molecule has 17 heavy (non-hydrogen) atoms. The van der Waals surface area contributed by atoms with Crippen LogP contribution in [-0.4, -0.2) is 31.1 Å². The van der Waals surface area contributed by atoms with Crippen molar-refractivity contribution in [3.63, 3.8) is 0 Å². The number of likely N-dealkylation sites (tertiary alicyclic amines) is 1. The second-order valence-corrected chi connectivity index (χ2v) is 4.95. The predicted molar refractivity (Wildman–Crippen MR) is 70.1 cm³/mol. The van der Waals surface area contributed by atoms with Gasteiger partial charge in [0.1, 0.15) is 5.75 Å². The summed E-state index contributed by atoms with van der Waals surface area (Å²) in [5.74, 6) is 1.71. The molecular formula is C15H19NO. The molecule has 0 N–H and O–H groups in total. The Kier molecular flexibility index (Phi) is 2.67. The average Bonchev–Trinajstić information content (AvgIpc) is 2.98. The summed E-state index contributed by atoms with van der Waals surface area (Å²) in [6, 6.07) is 9.12. The molecule has 2 nitrogen and oxygen atoms in total. The maximum Gasteiger partial charge on any atom is 0.118 e. The van der Waals surface area contributed by atoms with E-state index in [4.69, 9.17) is 4.74 Å². The SMILES string of the molecule is CCN1CC2C=C(c3ccc(OC)cc3)C1C2. The number of likely N-dealkylation sites (N-methyl/N-ethyl adjacent to an activating group) is 1. The fourth-order valence-corrected chi connectivity index (χ4v) is 3.17. The van der Waals surface area contributed by atoms with Gasteiger partial charge in [0.15, 0.2) is 0 Å². The molecule has 1 aliphatic heterocycles. The number of nitrogens with zero attached hydrogens (tertiary/aromatic N) is 1. The van der Waals surface area contributed by atoms with Crippen LogP contribution in [0.2, 0.25) is 0 Å². The molecule has 0 radical (unpaired) electrons. The molecule has 0 amide bonds. The molecule has 1 heterocycles. The third kappa shape index (κ3) is 1.77. The first-order valence-electron chi connectivity index (χ1n) is 6.42. The Morgan fingerprint density at radius 1 is 1.29 bits per heavy atom. The Bertz CT molecular complexity index is 435. The summed E-state index contributed by atoms with van der Waals surface area (Å²) in [6.45, 7) is 4.67. The van der Waals surface area contributed by atoms with E-state index in [1.54, 1.807) is 7.11 Å². The van der Waals surface area contributed by atoms with E-state index < -0.39 is 0 Å². The molecule has 2 aliphatic rings. The second-order valence-electron chi connectivity index (χ2n) is 4.95. The van der Waals surface area contributed by atoms with Crippen LogP contribution in [0, 0.1) is 5.92 Å². The van der Waals surface area contributed by atoms with Crippen molar-refractivity contribution in [1.82, 2.24) is 4.90 Å². The smallest absolute Gasteiger partial charge is 0.118 e. The number of ether oxygens (including phenoxy) is 1. The van der Waals surface area contributed by atoms with Crippen LogP contribution in [-0.2, 0) is 0 Å². The van der Waals surface area contributed by atoms with Crippen molar-refractivity contribution in [1.29, 1.82) is 0 Å². The molecule has 2 unspecified atom stereocenters. The van der Waals surface area contributed by atoms with Crippen molar-refractivity contribution in [2.24, 2.45) is 5.92 Å². The molecule has 0 aromatic heterocycles. The molecule has 0 spiro atoms. The van der Waals surface area contributed by atoms with Gasteiger partial charge in [-0.1, -0.05) is 25.1 Å². The van der Waals surface area contributed by atoms with E-state index in [1.807, 2.05) is 0 Å². The summed E-state index contributed by atoms with van der Waals surface area (Å²) in [4.78, 5) is 2.59. The number of benzene rings is 1. The lowest BCUT2D eigenvalue weighted by molar-refractivity contribution is 0.303. The monoisotopic (exact) mass is 229 g/mol. The highest BCUT2D eigenvalue weighted by Gasteiger charge is 2.38. The van der Waals surface area contributed by atoms with E-state index in [0.29, 0.717) is 6.04 Å². The number of hydrogen-bond acceptors (Lipinski definition) is 2.